The zero-order valence-electron chi connectivity index (χ0n) is 18.7. The number of aromatic nitrogens is 1. The van der Waals surface area contributed by atoms with E-state index >= 15 is 0 Å². The van der Waals surface area contributed by atoms with Gasteiger partial charge < -0.3 is 5.32 Å². The average molecular weight is 464 g/mol. The van der Waals surface area contributed by atoms with Gasteiger partial charge in [0.25, 0.3) is 0 Å². The van der Waals surface area contributed by atoms with Gasteiger partial charge in [0.2, 0.25) is 15.9 Å². The number of aryl methyl sites for hydroxylation is 1. The van der Waals surface area contributed by atoms with E-state index < -0.39 is 10.0 Å². The summed E-state index contributed by atoms with van der Waals surface area (Å²) in [7, 11) is -3.63. The molecule has 1 aliphatic carbocycles. The predicted molar refractivity (Wildman–Crippen MR) is 129 cm³/mol. The molecule has 0 saturated heterocycles. The Morgan fingerprint density at radius 3 is 2.33 bits per heavy atom. The van der Waals surface area contributed by atoms with Crippen molar-refractivity contribution in [3.63, 3.8) is 0 Å². The van der Waals surface area contributed by atoms with Crippen molar-refractivity contribution in [3.8, 4) is 11.1 Å². The zero-order chi connectivity index (χ0) is 23.3. The second-order valence-corrected chi connectivity index (χ2v) is 10.3. The molecule has 1 saturated carbocycles. The SMILES string of the molecule is Cc1cc(S(=O)(=O)N[C@H]2CC[C@H](C(=O)NCc3ccccc3)CC2)ccc1-c1ccncc1. The van der Waals surface area contributed by atoms with Crippen molar-refractivity contribution in [2.45, 2.75) is 50.1 Å². The summed E-state index contributed by atoms with van der Waals surface area (Å²) in [5.74, 6) is -0.0288. The largest absolute Gasteiger partial charge is 0.352 e. The average Bonchev–Trinajstić information content (AvgIpc) is 2.84. The Kier molecular flexibility index (Phi) is 7.20. The highest BCUT2D eigenvalue weighted by Crippen LogP contribution is 2.28. The van der Waals surface area contributed by atoms with Crippen LogP contribution in [0.5, 0.6) is 0 Å². The van der Waals surface area contributed by atoms with E-state index in [1.807, 2.05) is 55.5 Å². The fraction of sp³-hybridized carbons (Fsp3) is 0.308. The molecule has 6 nitrogen and oxygen atoms in total. The highest BCUT2D eigenvalue weighted by Gasteiger charge is 2.29. The van der Waals surface area contributed by atoms with Gasteiger partial charge in [-0.25, -0.2) is 13.1 Å². The molecule has 1 fully saturated rings. The van der Waals surface area contributed by atoms with Gasteiger partial charge in [0.05, 0.1) is 4.90 Å². The summed E-state index contributed by atoms with van der Waals surface area (Å²) in [4.78, 5) is 16.8. The minimum atomic E-state index is -3.63. The predicted octanol–water partition coefficient (Wildman–Crippen LogP) is 4.21. The molecular formula is C26H29N3O3S. The number of sulfonamides is 1. The monoisotopic (exact) mass is 463 g/mol. The number of hydrogen-bond donors (Lipinski definition) is 2. The summed E-state index contributed by atoms with van der Waals surface area (Å²) in [6.07, 6.45) is 6.09. The van der Waals surface area contributed by atoms with Crippen molar-refractivity contribution in [3.05, 3.63) is 84.2 Å². The molecule has 0 spiro atoms. The maximum Gasteiger partial charge on any atom is 0.240 e. The first-order valence-electron chi connectivity index (χ1n) is 11.3. The molecule has 33 heavy (non-hydrogen) atoms. The van der Waals surface area contributed by atoms with Crippen molar-refractivity contribution in [1.29, 1.82) is 0 Å². The third kappa shape index (κ3) is 5.86. The normalized spacial score (nSPS) is 18.6. The quantitative estimate of drug-likeness (QED) is 0.549. The lowest BCUT2D eigenvalue weighted by Gasteiger charge is -2.28. The molecular weight excluding hydrogens is 434 g/mol. The van der Waals surface area contributed by atoms with Gasteiger partial charge >= 0.3 is 0 Å². The van der Waals surface area contributed by atoms with Crippen molar-refractivity contribution >= 4 is 15.9 Å². The molecule has 1 aromatic heterocycles. The maximum atomic E-state index is 13.0. The molecule has 0 unspecified atom stereocenters. The Balaban J connectivity index is 1.32. The summed E-state index contributed by atoms with van der Waals surface area (Å²) in [5, 5.41) is 3.00. The number of amides is 1. The van der Waals surface area contributed by atoms with E-state index in [2.05, 4.69) is 15.0 Å². The standard InChI is InChI=1S/C26H29N3O3S/c1-19-17-24(11-12-25(19)21-13-15-27-16-14-21)33(31,32)29-23-9-7-22(8-10-23)26(30)28-18-20-5-3-2-4-6-20/h2-6,11-17,22-23,29H,7-10,18H2,1H3,(H,28,30)/t22-,23-. The Bertz CT molecular complexity index is 1190. The topological polar surface area (TPSA) is 88.2 Å². The minimum absolute atomic E-state index is 0.0440. The van der Waals surface area contributed by atoms with Crippen molar-refractivity contribution in [2.24, 2.45) is 5.92 Å². The molecule has 0 atom stereocenters. The summed E-state index contributed by atoms with van der Waals surface area (Å²) in [6, 6.07) is 18.7. The van der Waals surface area contributed by atoms with Gasteiger partial charge in [0.15, 0.2) is 0 Å². The Morgan fingerprint density at radius 1 is 0.970 bits per heavy atom. The lowest BCUT2D eigenvalue weighted by molar-refractivity contribution is -0.126. The summed E-state index contributed by atoms with van der Waals surface area (Å²) >= 11 is 0. The summed E-state index contributed by atoms with van der Waals surface area (Å²) in [5.41, 5.74) is 3.95. The van der Waals surface area contributed by atoms with Gasteiger partial charge in [-0.05, 0) is 79.1 Å². The van der Waals surface area contributed by atoms with Crippen LogP contribution < -0.4 is 10.0 Å². The van der Waals surface area contributed by atoms with Crippen LogP contribution in [0.2, 0.25) is 0 Å². The van der Waals surface area contributed by atoms with Crippen LogP contribution in [0.25, 0.3) is 11.1 Å². The first-order chi connectivity index (χ1) is 15.9. The van der Waals surface area contributed by atoms with Gasteiger partial charge in [0.1, 0.15) is 0 Å². The molecule has 1 aliphatic rings. The van der Waals surface area contributed by atoms with E-state index in [0.717, 1.165) is 22.3 Å². The second-order valence-electron chi connectivity index (χ2n) is 8.59. The van der Waals surface area contributed by atoms with Crippen LogP contribution in [0.1, 0.15) is 36.8 Å². The van der Waals surface area contributed by atoms with E-state index in [9.17, 15) is 13.2 Å². The number of carbonyl (C=O) groups excluding carboxylic acids is 1. The number of nitrogens with zero attached hydrogens (tertiary/aromatic N) is 1. The number of pyridine rings is 1. The minimum Gasteiger partial charge on any atom is -0.352 e. The first kappa shape index (κ1) is 23.1. The Labute approximate surface area is 195 Å². The van der Waals surface area contributed by atoms with Gasteiger partial charge in [-0.2, -0.15) is 0 Å². The van der Waals surface area contributed by atoms with Gasteiger partial charge in [-0.3, -0.25) is 9.78 Å². The molecule has 3 aromatic rings. The van der Waals surface area contributed by atoms with E-state index in [0.29, 0.717) is 32.2 Å². The van der Waals surface area contributed by atoms with Crippen molar-refractivity contribution < 1.29 is 13.2 Å². The first-order valence-corrected chi connectivity index (χ1v) is 12.8. The molecule has 2 aromatic carbocycles. The number of benzene rings is 2. The van der Waals surface area contributed by atoms with Gasteiger partial charge in [-0.15, -0.1) is 0 Å². The number of carbonyl (C=O) groups is 1. The van der Waals surface area contributed by atoms with Crippen LogP contribution in [0.4, 0.5) is 0 Å². The molecule has 1 heterocycles. The van der Waals surface area contributed by atoms with Crippen LogP contribution in [-0.4, -0.2) is 25.4 Å². The van der Waals surface area contributed by atoms with Gasteiger partial charge in [-0.1, -0.05) is 36.4 Å². The number of hydrogen-bond acceptors (Lipinski definition) is 4. The highest BCUT2D eigenvalue weighted by molar-refractivity contribution is 7.89. The highest BCUT2D eigenvalue weighted by atomic mass is 32.2. The van der Waals surface area contributed by atoms with Crippen LogP contribution in [0.3, 0.4) is 0 Å². The third-order valence-electron chi connectivity index (χ3n) is 6.23. The third-order valence-corrected chi connectivity index (χ3v) is 7.75. The molecule has 0 radical (unpaired) electrons. The summed E-state index contributed by atoms with van der Waals surface area (Å²) < 4.78 is 28.8. The van der Waals surface area contributed by atoms with E-state index in [1.54, 1.807) is 24.5 Å². The molecule has 0 aliphatic heterocycles. The van der Waals surface area contributed by atoms with Crippen molar-refractivity contribution in [1.82, 2.24) is 15.0 Å². The second kappa shape index (κ2) is 10.3. The van der Waals surface area contributed by atoms with E-state index in [-0.39, 0.29) is 22.8 Å². The molecule has 1 amide bonds. The van der Waals surface area contributed by atoms with E-state index in [4.69, 9.17) is 0 Å². The van der Waals surface area contributed by atoms with Gasteiger partial charge in [0, 0.05) is 30.9 Å². The molecule has 7 heteroatoms. The smallest absolute Gasteiger partial charge is 0.240 e. The fourth-order valence-corrected chi connectivity index (χ4v) is 5.74. The summed E-state index contributed by atoms with van der Waals surface area (Å²) in [6.45, 7) is 2.43. The molecule has 0 bridgehead atoms. The lowest BCUT2D eigenvalue weighted by atomic mass is 9.86. The molecule has 2 N–H and O–H groups in total. The van der Waals surface area contributed by atoms with Crippen LogP contribution in [0, 0.1) is 12.8 Å². The molecule has 172 valence electrons. The van der Waals surface area contributed by atoms with Crippen LogP contribution >= 0.6 is 0 Å². The zero-order valence-corrected chi connectivity index (χ0v) is 19.5. The Morgan fingerprint density at radius 2 is 1.67 bits per heavy atom. The van der Waals surface area contributed by atoms with Crippen LogP contribution in [0.15, 0.2) is 78.0 Å². The number of rotatable bonds is 7. The molecule has 4 rings (SSSR count). The van der Waals surface area contributed by atoms with E-state index in [1.165, 1.54) is 0 Å². The maximum absolute atomic E-state index is 13.0. The Hall–Kier alpha value is -3.03. The lowest BCUT2D eigenvalue weighted by Crippen LogP contribution is -2.40. The van der Waals surface area contributed by atoms with Crippen molar-refractivity contribution in [2.75, 3.05) is 0 Å². The number of nitrogens with one attached hydrogen (secondary N) is 2. The van der Waals surface area contributed by atoms with Crippen LogP contribution in [-0.2, 0) is 21.4 Å². The fourth-order valence-electron chi connectivity index (χ4n) is 4.35.